The van der Waals surface area contributed by atoms with Crippen LogP contribution in [0.1, 0.15) is 17.7 Å². The van der Waals surface area contributed by atoms with E-state index in [1.165, 1.54) is 17.1 Å². The van der Waals surface area contributed by atoms with Crippen LogP contribution in [0.15, 0.2) is 15.9 Å². The number of carbonyl (C=O) groups excluding carboxylic acids is 1. The zero-order valence-electron chi connectivity index (χ0n) is 8.83. The molecule has 3 nitrogen and oxygen atoms in total. The van der Waals surface area contributed by atoms with Gasteiger partial charge in [-0.25, -0.2) is 5.06 Å². The van der Waals surface area contributed by atoms with Gasteiger partial charge in [0, 0.05) is 18.3 Å². The number of hydrogen-bond donors (Lipinski definition) is 0. The highest BCUT2D eigenvalue weighted by Crippen LogP contribution is 2.23. The summed E-state index contributed by atoms with van der Waals surface area (Å²) in [6.45, 7) is 0. The highest BCUT2D eigenvalue weighted by molar-refractivity contribution is 9.11. The van der Waals surface area contributed by atoms with Crippen molar-refractivity contribution in [2.24, 2.45) is 0 Å². The molecule has 1 amide bonds. The fourth-order valence-corrected chi connectivity index (χ4v) is 2.68. The highest BCUT2D eigenvalue weighted by atomic mass is 79.9. The van der Waals surface area contributed by atoms with Crippen LogP contribution >= 0.6 is 27.3 Å². The molecule has 0 aromatic carbocycles. The van der Waals surface area contributed by atoms with E-state index in [1.807, 2.05) is 6.07 Å². The Labute approximate surface area is 102 Å². The molecule has 0 aliphatic carbocycles. The molecule has 0 radical (unpaired) electrons. The lowest BCUT2D eigenvalue weighted by Crippen LogP contribution is -2.25. The van der Waals surface area contributed by atoms with Crippen molar-refractivity contribution in [3.05, 3.63) is 20.8 Å². The first-order valence-electron chi connectivity index (χ1n) is 4.68. The van der Waals surface area contributed by atoms with Crippen LogP contribution < -0.4 is 0 Å². The van der Waals surface area contributed by atoms with Crippen LogP contribution in [0.25, 0.3) is 0 Å². The van der Waals surface area contributed by atoms with Crippen molar-refractivity contribution in [3.8, 4) is 0 Å². The van der Waals surface area contributed by atoms with E-state index in [0.717, 1.165) is 16.6 Å². The zero-order chi connectivity index (χ0) is 11.3. The van der Waals surface area contributed by atoms with Gasteiger partial charge in [0.25, 0.3) is 0 Å². The van der Waals surface area contributed by atoms with E-state index >= 15 is 0 Å². The van der Waals surface area contributed by atoms with Crippen molar-refractivity contribution < 1.29 is 9.63 Å². The first kappa shape index (κ1) is 12.7. The summed E-state index contributed by atoms with van der Waals surface area (Å²) in [4.78, 5) is 17.5. The third kappa shape index (κ3) is 4.32. The summed E-state index contributed by atoms with van der Waals surface area (Å²) in [6.07, 6.45) is 2.33. The van der Waals surface area contributed by atoms with Crippen LogP contribution in [-0.4, -0.2) is 25.1 Å². The standard InChI is InChI=1S/C10H14BrNO2S/c1-12(14-2)10(13)5-3-4-8-6-7-9(11)15-8/h6-7H,3-5H2,1-2H3. The van der Waals surface area contributed by atoms with Gasteiger partial charge in [-0.05, 0) is 40.9 Å². The van der Waals surface area contributed by atoms with Gasteiger partial charge >= 0.3 is 0 Å². The highest BCUT2D eigenvalue weighted by Gasteiger charge is 2.07. The maximum Gasteiger partial charge on any atom is 0.245 e. The van der Waals surface area contributed by atoms with Crippen molar-refractivity contribution in [1.29, 1.82) is 0 Å². The molecule has 0 aliphatic heterocycles. The van der Waals surface area contributed by atoms with Gasteiger partial charge in [-0.1, -0.05) is 0 Å². The van der Waals surface area contributed by atoms with Crippen LogP contribution in [0.2, 0.25) is 0 Å². The number of hydrogen-bond acceptors (Lipinski definition) is 3. The van der Waals surface area contributed by atoms with Crippen molar-refractivity contribution in [2.75, 3.05) is 14.2 Å². The van der Waals surface area contributed by atoms with E-state index in [1.54, 1.807) is 18.4 Å². The smallest absolute Gasteiger partial charge is 0.245 e. The summed E-state index contributed by atoms with van der Waals surface area (Å²) in [5.41, 5.74) is 0. The van der Waals surface area contributed by atoms with Gasteiger partial charge in [-0.15, -0.1) is 11.3 Å². The maximum atomic E-state index is 11.4. The van der Waals surface area contributed by atoms with E-state index in [-0.39, 0.29) is 5.91 Å². The molecule has 0 saturated carbocycles. The molecule has 1 heterocycles. The summed E-state index contributed by atoms with van der Waals surface area (Å²) < 4.78 is 1.14. The van der Waals surface area contributed by atoms with Crippen molar-refractivity contribution in [3.63, 3.8) is 0 Å². The molecular weight excluding hydrogens is 278 g/mol. The van der Waals surface area contributed by atoms with Gasteiger partial charge in [0.05, 0.1) is 10.9 Å². The Kier molecular flexibility index (Phi) is 5.28. The number of carbonyl (C=O) groups is 1. The normalized spacial score (nSPS) is 10.3. The predicted molar refractivity (Wildman–Crippen MR) is 64.7 cm³/mol. The predicted octanol–water partition coefficient (Wildman–Crippen LogP) is 2.85. The molecule has 15 heavy (non-hydrogen) atoms. The molecule has 1 rings (SSSR count). The quantitative estimate of drug-likeness (QED) is 0.781. The minimum Gasteiger partial charge on any atom is -0.275 e. The molecule has 0 N–H and O–H groups in total. The lowest BCUT2D eigenvalue weighted by Gasteiger charge is -2.12. The number of halogens is 1. The van der Waals surface area contributed by atoms with Gasteiger partial charge in [-0.2, -0.15) is 0 Å². The summed E-state index contributed by atoms with van der Waals surface area (Å²) in [5.74, 6) is 0.0214. The van der Waals surface area contributed by atoms with Gasteiger partial charge in [0.15, 0.2) is 0 Å². The van der Waals surface area contributed by atoms with Gasteiger partial charge in [-0.3, -0.25) is 9.63 Å². The second-order valence-electron chi connectivity index (χ2n) is 3.13. The maximum absolute atomic E-state index is 11.4. The number of thiophene rings is 1. The van der Waals surface area contributed by atoms with Crippen LogP contribution in [0.4, 0.5) is 0 Å². The van der Waals surface area contributed by atoms with Gasteiger partial charge in [0.2, 0.25) is 5.91 Å². The number of rotatable bonds is 5. The van der Waals surface area contributed by atoms with E-state index in [2.05, 4.69) is 22.0 Å². The van der Waals surface area contributed by atoms with E-state index < -0.39 is 0 Å². The molecule has 0 aliphatic rings. The van der Waals surface area contributed by atoms with E-state index in [4.69, 9.17) is 4.84 Å². The van der Waals surface area contributed by atoms with Crippen LogP contribution in [0.3, 0.4) is 0 Å². The Balaban J connectivity index is 2.24. The van der Waals surface area contributed by atoms with Crippen LogP contribution in [0.5, 0.6) is 0 Å². The molecule has 0 unspecified atom stereocenters. The molecular formula is C10H14BrNO2S. The summed E-state index contributed by atoms with van der Waals surface area (Å²) >= 11 is 5.12. The molecule has 0 atom stereocenters. The van der Waals surface area contributed by atoms with Crippen LogP contribution in [-0.2, 0) is 16.1 Å². The number of aryl methyl sites for hydroxylation is 1. The SMILES string of the molecule is CON(C)C(=O)CCCc1ccc(Br)s1. The molecule has 5 heteroatoms. The molecule has 0 spiro atoms. The van der Waals surface area contributed by atoms with Crippen molar-refractivity contribution >= 4 is 33.2 Å². The summed E-state index contributed by atoms with van der Waals surface area (Å²) in [6, 6.07) is 4.11. The Morgan fingerprint density at radius 1 is 1.60 bits per heavy atom. The Morgan fingerprint density at radius 3 is 2.87 bits per heavy atom. The zero-order valence-corrected chi connectivity index (χ0v) is 11.2. The second-order valence-corrected chi connectivity index (χ2v) is 5.68. The Morgan fingerprint density at radius 2 is 2.33 bits per heavy atom. The average Bonchev–Trinajstić information content (AvgIpc) is 2.63. The molecule has 0 saturated heterocycles. The monoisotopic (exact) mass is 291 g/mol. The first-order chi connectivity index (χ1) is 7.13. The summed E-state index contributed by atoms with van der Waals surface area (Å²) in [7, 11) is 3.12. The lowest BCUT2D eigenvalue weighted by atomic mass is 10.2. The fourth-order valence-electron chi connectivity index (χ4n) is 1.16. The Hall–Kier alpha value is -0.390. The van der Waals surface area contributed by atoms with E-state index in [0.29, 0.717) is 6.42 Å². The number of hydroxylamine groups is 2. The summed E-state index contributed by atoms with van der Waals surface area (Å²) in [5, 5.41) is 1.27. The molecule has 0 bridgehead atoms. The molecule has 1 aromatic rings. The first-order valence-corrected chi connectivity index (χ1v) is 6.29. The Bertz CT molecular complexity index is 327. The van der Waals surface area contributed by atoms with Gasteiger partial charge in [0.1, 0.15) is 0 Å². The lowest BCUT2D eigenvalue weighted by molar-refractivity contribution is -0.168. The molecule has 0 fully saturated rings. The fraction of sp³-hybridized carbons (Fsp3) is 0.500. The largest absolute Gasteiger partial charge is 0.275 e. The van der Waals surface area contributed by atoms with E-state index in [9.17, 15) is 4.79 Å². The van der Waals surface area contributed by atoms with Crippen LogP contribution in [0, 0.1) is 0 Å². The van der Waals surface area contributed by atoms with Gasteiger partial charge < -0.3 is 0 Å². The van der Waals surface area contributed by atoms with Crippen molar-refractivity contribution in [1.82, 2.24) is 5.06 Å². The minimum atomic E-state index is 0.0214. The third-order valence-corrected chi connectivity index (χ3v) is 3.75. The average molecular weight is 292 g/mol. The second kappa shape index (κ2) is 6.25. The third-order valence-electron chi connectivity index (χ3n) is 2.07. The number of nitrogens with zero attached hydrogens (tertiary/aromatic N) is 1. The van der Waals surface area contributed by atoms with Crippen molar-refractivity contribution in [2.45, 2.75) is 19.3 Å². The minimum absolute atomic E-state index is 0.0214. The topological polar surface area (TPSA) is 29.5 Å². The number of amides is 1. The molecule has 84 valence electrons. The molecule has 1 aromatic heterocycles.